The zero-order valence-electron chi connectivity index (χ0n) is 15.4. The van der Waals surface area contributed by atoms with E-state index in [1.54, 1.807) is 6.20 Å². The third kappa shape index (κ3) is 7.88. The smallest absolute Gasteiger partial charge is 0.146 e. The highest BCUT2D eigenvalue weighted by Gasteiger charge is 2.12. The number of rotatable bonds is 9. The minimum absolute atomic E-state index is 0.156. The fraction of sp³-hybridized carbons (Fsp3) is 0.789. The van der Waals surface area contributed by atoms with E-state index in [-0.39, 0.29) is 5.57 Å². The molecule has 0 aromatic carbocycles. The third-order valence-corrected chi connectivity index (χ3v) is 5.04. The molecule has 0 aromatic heterocycles. The molecule has 2 aliphatic heterocycles. The lowest BCUT2D eigenvalue weighted by Gasteiger charge is -2.29. The molecular formula is C19H32N6. The van der Waals surface area contributed by atoms with E-state index in [4.69, 9.17) is 10.5 Å². The molecule has 25 heavy (non-hydrogen) atoms. The lowest BCUT2D eigenvalue weighted by Crippen LogP contribution is -2.42. The molecule has 2 heterocycles. The predicted molar refractivity (Wildman–Crippen MR) is 99.2 cm³/mol. The fourth-order valence-electron chi connectivity index (χ4n) is 3.61. The minimum atomic E-state index is 0.156. The third-order valence-electron chi connectivity index (χ3n) is 5.04. The van der Waals surface area contributed by atoms with Crippen LogP contribution in [0.2, 0.25) is 0 Å². The largest absolute Gasteiger partial charge is 0.314 e. The van der Waals surface area contributed by atoms with Crippen LogP contribution >= 0.6 is 0 Å². The normalized spacial score (nSPS) is 19.0. The predicted octanol–water partition coefficient (Wildman–Crippen LogP) is 2.09. The Morgan fingerprint density at radius 3 is 2.00 bits per heavy atom. The molecular weight excluding hydrogens is 312 g/mol. The molecule has 138 valence electrons. The number of nitrogens with zero attached hydrogens (tertiary/aromatic N) is 5. The number of hydrogen-bond acceptors (Lipinski definition) is 6. The summed E-state index contributed by atoms with van der Waals surface area (Å²) in [6.07, 6.45) is 10.6. The maximum atomic E-state index is 9.02. The van der Waals surface area contributed by atoms with E-state index in [1.807, 2.05) is 17.1 Å². The first-order chi connectivity index (χ1) is 12.3. The summed E-state index contributed by atoms with van der Waals surface area (Å²) in [5, 5.41) is 20.0. The van der Waals surface area contributed by atoms with E-state index >= 15 is 0 Å². The summed E-state index contributed by atoms with van der Waals surface area (Å²) in [6.45, 7) is 8.58. The number of hydrazine groups is 1. The van der Waals surface area contributed by atoms with E-state index < -0.39 is 0 Å². The van der Waals surface area contributed by atoms with E-state index in [9.17, 15) is 0 Å². The number of nitrogens with one attached hydrogen (secondary N) is 1. The van der Waals surface area contributed by atoms with Gasteiger partial charge in [0.15, 0.2) is 0 Å². The van der Waals surface area contributed by atoms with Crippen LogP contribution in [0.3, 0.4) is 0 Å². The van der Waals surface area contributed by atoms with Crippen LogP contribution in [0.5, 0.6) is 0 Å². The van der Waals surface area contributed by atoms with Gasteiger partial charge in [-0.1, -0.05) is 12.8 Å². The van der Waals surface area contributed by atoms with Gasteiger partial charge in [-0.3, -0.25) is 0 Å². The number of piperidine rings is 2. The van der Waals surface area contributed by atoms with Crippen molar-refractivity contribution in [2.45, 2.75) is 44.9 Å². The molecule has 0 aromatic rings. The summed E-state index contributed by atoms with van der Waals surface area (Å²) >= 11 is 0. The molecule has 2 fully saturated rings. The van der Waals surface area contributed by atoms with Crippen LogP contribution in [0.1, 0.15) is 44.9 Å². The SMILES string of the molecule is N#CC(C#N)=CN(CCCN1CCCCC1)NCCN1CCCCC1. The number of likely N-dealkylation sites (tertiary alicyclic amines) is 2. The van der Waals surface area contributed by atoms with Gasteiger partial charge in [0.05, 0.1) is 0 Å². The van der Waals surface area contributed by atoms with Gasteiger partial charge in [0.2, 0.25) is 0 Å². The maximum Gasteiger partial charge on any atom is 0.146 e. The lowest BCUT2D eigenvalue weighted by molar-refractivity contribution is 0.183. The van der Waals surface area contributed by atoms with Gasteiger partial charge in [0.25, 0.3) is 0 Å². The minimum Gasteiger partial charge on any atom is -0.314 e. The molecule has 6 heteroatoms. The van der Waals surface area contributed by atoms with E-state index in [0.717, 1.165) is 32.6 Å². The van der Waals surface area contributed by atoms with Gasteiger partial charge in [0, 0.05) is 25.8 Å². The van der Waals surface area contributed by atoms with E-state index in [1.165, 1.54) is 64.7 Å². The summed E-state index contributed by atoms with van der Waals surface area (Å²) in [5.74, 6) is 0. The zero-order valence-corrected chi connectivity index (χ0v) is 15.4. The summed E-state index contributed by atoms with van der Waals surface area (Å²) in [4.78, 5) is 5.01. The second-order valence-electron chi connectivity index (χ2n) is 7.03. The zero-order chi connectivity index (χ0) is 17.7. The Labute approximate surface area is 152 Å². The Morgan fingerprint density at radius 2 is 1.44 bits per heavy atom. The number of hydrogen-bond donors (Lipinski definition) is 1. The van der Waals surface area contributed by atoms with Crippen LogP contribution < -0.4 is 5.43 Å². The first-order valence-electron chi connectivity index (χ1n) is 9.78. The van der Waals surface area contributed by atoms with E-state index in [0.29, 0.717) is 0 Å². The average molecular weight is 345 g/mol. The summed E-state index contributed by atoms with van der Waals surface area (Å²) in [7, 11) is 0. The molecule has 2 rings (SSSR count). The van der Waals surface area contributed by atoms with Crippen LogP contribution in [-0.2, 0) is 0 Å². The molecule has 2 aliphatic rings. The summed E-state index contributed by atoms with van der Waals surface area (Å²) in [5.41, 5.74) is 3.55. The van der Waals surface area contributed by atoms with Gasteiger partial charge in [-0.15, -0.1) is 0 Å². The van der Waals surface area contributed by atoms with Crippen molar-refractivity contribution in [1.29, 1.82) is 10.5 Å². The maximum absolute atomic E-state index is 9.02. The molecule has 0 atom stereocenters. The van der Waals surface area contributed by atoms with Crippen molar-refractivity contribution in [2.24, 2.45) is 0 Å². The molecule has 0 aliphatic carbocycles. The van der Waals surface area contributed by atoms with Crippen LogP contribution in [0.15, 0.2) is 11.8 Å². The van der Waals surface area contributed by atoms with Crippen molar-refractivity contribution in [3.63, 3.8) is 0 Å². The highest BCUT2D eigenvalue weighted by atomic mass is 15.5. The van der Waals surface area contributed by atoms with Gasteiger partial charge >= 0.3 is 0 Å². The molecule has 0 unspecified atom stereocenters. The Bertz CT molecular complexity index is 437. The Hall–Kier alpha value is -1.60. The molecule has 0 amide bonds. The molecule has 2 saturated heterocycles. The van der Waals surface area contributed by atoms with Crippen LogP contribution in [0.25, 0.3) is 0 Å². The van der Waals surface area contributed by atoms with Crippen molar-refractivity contribution >= 4 is 0 Å². The van der Waals surface area contributed by atoms with Crippen molar-refractivity contribution in [3.8, 4) is 12.1 Å². The van der Waals surface area contributed by atoms with Gasteiger partial charge in [-0.2, -0.15) is 10.5 Å². The molecule has 0 spiro atoms. The van der Waals surface area contributed by atoms with Crippen molar-refractivity contribution in [1.82, 2.24) is 20.2 Å². The Kier molecular flexibility index (Phi) is 9.36. The number of allylic oxidation sites excluding steroid dienone is 1. The van der Waals surface area contributed by atoms with Gasteiger partial charge in [0.1, 0.15) is 17.7 Å². The van der Waals surface area contributed by atoms with Crippen LogP contribution in [0.4, 0.5) is 0 Å². The first-order valence-corrected chi connectivity index (χ1v) is 9.78. The second kappa shape index (κ2) is 11.9. The molecule has 6 nitrogen and oxygen atoms in total. The lowest BCUT2D eigenvalue weighted by atomic mass is 10.1. The Morgan fingerprint density at radius 1 is 0.880 bits per heavy atom. The molecule has 0 radical (unpaired) electrons. The Balaban J connectivity index is 1.74. The van der Waals surface area contributed by atoms with Crippen LogP contribution in [-0.4, -0.2) is 67.2 Å². The van der Waals surface area contributed by atoms with Crippen molar-refractivity contribution in [3.05, 3.63) is 11.8 Å². The first kappa shape index (κ1) is 19.7. The standard InChI is InChI=1S/C19H32N6/c20-16-19(17-21)18-25(14-7-13-23-9-3-1-4-10-23)22-8-15-24-11-5-2-6-12-24/h18,22H,1-15H2. The molecule has 0 bridgehead atoms. The van der Waals surface area contributed by atoms with Crippen LogP contribution in [0, 0.1) is 22.7 Å². The monoisotopic (exact) mass is 344 g/mol. The van der Waals surface area contributed by atoms with Crippen molar-refractivity contribution in [2.75, 3.05) is 52.4 Å². The summed E-state index contributed by atoms with van der Waals surface area (Å²) in [6, 6.07) is 3.92. The second-order valence-corrected chi connectivity index (χ2v) is 7.03. The molecule has 1 N–H and O–H groups in total. The van der Waals surface area contributed by atoms with Gasteiger partial charge < -0.3 is 14.8 Å². The quantitative estimate of drug-likeness (QED) is 0.510. The molecule has 0 saturated carbocycles. The van der Waals surface area contributed by atoms with Gasteiger partial charge in [-0.25, -0.2) is 5.43 Å². The highest BCUT2D eigenvalue weighted by molar-refractivity contribution is 5.34. The fourth-order valence-corrected chi connectivity index (χ4v) is 3.61. The highest BCUT2D eigenvalue weighted by Crippen LogP contribution is 2.09. The average Bonchev–Trinajstić information content (AvgIpc) is 2.67. The van der Waals surface area contributed by atoms with E-state index in [2.05, 4.69) is 15.2 Å². The topological polar surface area (TPSA) is 69.3 Å². The summed E-state index contributed by atoms with van der Waals surface area (Å²) < 4.78 is 0. The number of nitriles is 2. The van der Waals surface area contributed by atoms with Gasteiger partial charge in [-0.05, 0) is 64.8 Å². The van der Waals surface area contributed by atoms with Crippen molar-refractivity contribution < 1.29 is 0 Å².